The molecule has 2 N–H and O–H groups in total. The number of rotatable bonds is 3. The lowest BCUT2D eigenvalue weighted by Gasteiger charge is -2.46. The first-order chi connectivity index (χ1) is 7.89. The fourth-order valence-corrected chi connectivity index (χ4v) is 3.89. The summed E-state index contributed by atoms with van der Waals surface area (Å²) in [6.45, 7) is 4.63. The summed E-state index contributed by atoms with van der Waals surface area (Å²) in [5.74, 6) is 0. The zero-order valence-electron chi connectivity index (χ0n) is 10.2. The summed E-state index contributed by atoms with van der Waals surface area (Å²) < 4.78 is 26.1. The highest BCUT2D eigenvalue weighted by atomic mass is 32.2. The van der Waals surface area contributed by atoms with Crippen molar-refractivity contribution in [2.24, 2.45) is 5.73 Å². The first-order valence-corrected chi connectivity index (χ1v) is 7.18. The highest BCUT2D eigenvalue weighted by Crippen LogP contribution is 2.29. The molecule has 0 aliphatic carbocycles. The van der Waals surface area contributed by atoms with Crippen LogP contribution in [0.25, 0.3) is 0 Å². The third-order valence-electron chi connectivity index (χ3n) is 3.40. The van der Waals surface area contributed by atoms with E-state index in [1.807, 2.05) is 26.0 Å². The van der Waals surface area contributed by atoms with Crippen molar-refractivity contribution in [2.45, 2.75) is 30.7 Å². The summed E-state index contributed by atoms with van der Waals surface area (Å²) >= 11 is 0. The maximum atomic E-state index is 12.3. The van der Waals surface area contributed by atoms with Crippen LogP contribution in [0.15, 0.2) is 29.2 Å². The van der Waals surface area contributed by atoms with E-state index in [0.29, 0.717) is 18.0 Å². The number of nitrogens with zero attached hydrogens (tertiary/aromatic N) is 1. The average molecular weight is 254 g/mol. The summed E-state index contributed by atoms with van der Waals surface area (Å²) in [6.07, 6.45) is 0.798. The van der Waals surface area contributed by atoms with Gasteiger partial charge in [0.15, 0.2) is 0 Å². The van der Waals surface area contributed by atoms with Crippen LogP contribution < -0.4 is 5.73 Å². The topological polar surface area (TPSA) is 63.4 Å². The lowest BCUT2D eigenvalue weighted by molar-refractivity contribution is 0.153. The van der Waals surface area contributed by atoms with Gasteiger partial charge in [-0.05, 0) is 25.0 Å². The minimum Gasteiger partial charge on any atom is -0.323 e. The second-order valence-electron chi connectivity index (χ2n) is 4.75. The number of hydrogen-bond donors (Lipinski definition) is 1. The van der Waals surface area contributed by atoms with E-state index in [0.717, 1.165) is 12.0 Å². The summed E-state index contributed by atoms with van der Waals surface area (Å²) in [4.78, 5) is 0.387. The molecule has 17 heavy (non-hydrogen) atoms. The van der Waals surface area contributed by atoms with Crippen molar-refractivity contribution in [1.29, 1.82) is 0 Å². The third kappa shape index (κ3) is 2.10. The van der Waals surface area contributed by atoms with Crippen LogP contribution in [0.1, 0.15) is 18.9 Å². The number of aryl methyl sites for hydroxylation is 1. The van der Waals surface area contributed by atoms with Crippen molar-refractivity contribution in [1.82, 2.24) is 4.31 Å². The molecule has 2 rings (SSSR count). The van der Waals surface area contributed by atoms with Gasteiger partial charge in [-0.2, -0.15) is 4.31 Å². The molecule has 0 saturated carbocycles. The van der Waals surface area contributed by atoms with Crippen molar-refractivity contribution in [3.8, 4) is 0 Å². The maximum absolute atomic E-state index is 12.3. The summed E-state index contributed by atoms with van der Waals surface area (Å²) in [5.41, 5.74) is 6.44. The molecule has 1 aromatic rings. The second-order valence-corrected chi connectivity index (χ2v) is 6.66. The van der Waals surface area contributed by atoms with Crippen LogP contribution >= 0.6 is 0 Å². The molecule has 1 aliphatic heterocycles. The Hall–Kier alpha value is -0.910. The zero-order valence-corrected chi connectivity index (χ0v) is 11.0. The van der Waals surface area contributed by atoms with Crippen molar-refractivity contribution < 1.29 is 8.42 Å². The van der Waals surface area contributed by atoms with Gasteiger partial charge in [0.1, 0.15) is 0 Å². The molecule has 1 heterocycles. The van der Waals surface area contributed by atoms with Gasteiger partial charge in [0.05, 0.1) is 4.90 Å². The fraction of sp³-hybridized carbons (Fsp3) is 0.500. The van der Waals surface area contributed by atoms with E-state index in [4.69, 9.17) is 5.73 Å². The zero-order chi connectivity index (χ0) is 12.7. The molecule has 0 radical (unpaired) electrons. The molecule has 5 heteroatoms. The van der Waals surface area contributed by atoms with Crippen LogP contribution in [0.4, 0.5) is 0 Å². The van der Waals surface area contributed by atoms with Gasteiger partial charge < -0.3 is 5.73 Å². The normalized spacial score (nSPS) is 19.9. The number of sulfonamides is 1. The third-order valence-corrected chi connectivity index (χ3v) is 5.35. The van der Waals surface area contributed by atoms with E-state index < -0.39 is 10.0 Å². The monoisotopic (exact) mass is 254 g/mol. The molecule has 0 spiro atoms. The van der Waals surface area contributed by atoms with Gasteiger partial charge in [-0.1, -0.05) is 25.1 Å². The summed E-state index contributed by atoms with van der Waals surface area (Å²) in [6, 6.07) is 7.04. The van der Waals surface area contributed by atoms with Gasteiger partial charge in [-0.15, -0.1) is 0 Å². The predicted molar refractivity (Wildman–Crippen MR) is 67.1 cm³/mol. The molecular weight excluding hydrogens is 236 g/mol. The summed E-state index contributed by atoms with van der Waals surface area (Å²) in [5, 5.41) is 0. The average Bonchev–Trinajstić information content (AvgIpc) is 2.25. The Morgan fingerprint density at radius 2 is 1.94 bits per heavy atom. The first kappa shape index (κ1) is 12.5. The van der Waals surface area contributed by atoms with Gasteiger partial charge >= 0.3 is 0 Å². The SMILES string of the molecule is CCC1(N)CN(S(=O)(=O)c2ccccc2C)C1. The highest BCUT2D eigenvalue weighted by molar-refractivity contribution is 7.89. The minimum atomic E-state index is -3.36. The van der Waals surface area contributed by atoms with E-state index in [2.05, 4.69) is 0 Å². The van der Waals surface area contributed by atoms with Crippen LogP contribution in [0, 0.1) is 6.92 Å². The Morgan fingerprint density at radius 3 is 2.47 bits per heavy atom. The standard InChI is InChI=1S/C12H18N2O2S/c1-3-12(13)8-14(9-12)17(15,16)11-7-5-4-6-10(11)2/h4-7H,3,8-9,13H2,1-2H3. The lowest BCUT2D eigenvalue weighted by atomic mass is 9.91. The molecule has 1 saturated heterocycles. The van der Waals surface area contributed by atoms with E-state index in [9.17, 15) is 8.42 Å². The molecule has 1 aromatic carbocycles. The van der Waals surface area contributed by atoms with Crippen molar-refractivity contribution in [3.05, 3.63) is 29.8 Å². The van der Waals surface area contributed by atoms with Crippen LogP contribution in [0.5, 0.6) is 0 Å². The first-order valence-electron chi connectivity index (χ1n) is 5.74. The number of hydrogen-bond acceptors (Lipinski definition) is 3. The Bertz CT molecular complexity index is 519. The molecule has 1 aliphatic rings. The molecule has 0 atom stereocenters. The molecule has 1 fully saturated rings. The number of benzene rings is 1. The molecular formula is C12H18N2O2S. The second kappa shape index (κ2) is 4.08. The van der Waals surface area contributed by atoms with Crippen LogP contribution in [-0.4, -0.2) is 31.4 Å². The minimum absolute atomic E-state index is 0.338. The van der Waals surface area contributed by atoms with Crippen molar-refractivity contribution in [3.63, 3.8) is 0 Å². The molecule has 0 bridgehead atoms. The Kier molecular flexibility index (Phi) is 3.01. The fourth-order valence-electron chi connectivity index (χ4n) is 2.03. The molecule has 4 nitrogen and oxygen atoms in total. The van der Waals surface area contributed by atoms with E-state index in [1.54, 1.807) is 12.1 Å². The Labute approximate surface area is 102 Å². The highest BCUT2D eigenvalue weighted by Gasteiger charge is 2.44. The van der Waals surface area contributed by atoms with Crippen LogP contribution in [0.3, 0.4) is 0 Å². The Morgan fingerprint density at radius 1 is 1.35 bits per heavy atom. The van der Waals surface area contributed by atoms with Crippen molar-refractivity contribution in [2.75, 3.05) is 13.1 Å². The van der Waals surface area contributed by atoms with Gasteiger partial charge in [0, 0.05) is 18.6 Å². The van der Waals surface area contributed by atoms with Gasteiger partial charge in [0.25, 0.3) is 0 Å². The predicted octanol–water partition coefficient (Wildman–Crippen LogP) is 1.11. The van der Waals surface area contributed by atoms with E-state index in [-0.39, 0.29) is 5.54 Å². The van der Waals surface area contributed by atoms with Gasteiger partial charge in [0.2, 0.25) is 10.0 Å². The molecule has 94 valence electrons. The maximum Gasteiger partial charge on any atom is 0.243 e. The van der Waals surface area contributed by atoms with Crippen LogP contribution in [0.2, 0.25) is 0 Å². The van der Waals surface area contributed by atoms with E-state index in [1.165, 1.54) is 4.31 Å². The molecule has 0 unspecified atom stereocenters. The van der Waals surface area contributed by atoms with Gasteiger partial charge in [-0.25, -0.2) is 8.42 Å². The van der Waals surface area contributed by atoms with E-state index >= 15 is 0 Å². The quantitative estimate of drug-likeness (QED) is 0.878. The smallest absolute Gasteiger partial charge is 0.243 e. The molecule has 0 aromatic heterocycles. The summed E-state index contributed by atoms with van der Waals surface area (Å²) in [7, 11) is -3.36. The van der Waals surface area contributed by atoms with Crippen molar-refractivity contribution >= 4 is 10.0 Å². The largest absolute Gasteiger partial charge is 0.323 e. The lowest BCUT2D eigenvalue weighted by Crippen LogP contribution is -2.68. The Balaban J connectivity index is 2.26. The molecule has 0 amide bonds. The number of nitrogens with two attached hydrogens (primary N) is 1. The van der Waals surface area contributed by atoms with Gasteiger partial charge in [-0.3, -0.25) is 0 Å². The van der Waals surface area contributed by atoms with Crippen LogP contribution in [-0.2, 0) is 10.0 Å².